The van der Waals surface area contributed by atoms with Gasteiger partial charge in [-0.2, -0.15) is 0 Å². The van der Waals surface area contributed by atoms with Gasteiger partial charge in [-0.05, 0) is 38.3 Å². The smallest absolute Gasteiger partial charge is 0.191 e. The number of nitrogens with zero attached hydrogens (tertiary/aromatic N) is 3. The van der Waals surface area contributed by atoms with Crippen LogP contribution in [0.2, 0.25) is 5.15 Å². The van der Waals surface area contributed by atoms with E-state index in [1.807, 2.05) is 18.3 Å². The van der Waals surface area contributed by atoms with Crippen molar-refractivity contribution in [1.29, 1.82) is 0 Å². The van der Waals surface area contributed by atoms with Gasteiger partial charge in [0.05, 0.1) is 10.7 Å². The van der Waals surface area contributed by atoms with Gasteiger partial charge in [-0.25, -0.2) is 9.97 Å². The van der Waals surface area contributed by atoms with E-state index in [0.717, 1.165) is 50.4 Å². The van der Waals surface area contributed by atoms with E-state index in [4.69, 9.17) is 11.6 Å². The average Bonchev–Trinajstić information content (AvgIpc) is 2.96. The van der Waals surface area contributed by atoms with Gasteiger partial charge in [0.2, 0.25) is 0 Å². The molecule has 2 heterocycles. The Kier molecular flexibility index (Phi) is 8.15. The van der Waals surface area contributed by atoms with Gasteiger partial charge in [0, 0.05) is 37.1 Å². The van der Waals surface area contributed by atoms with E-state index in [-0.39, 0.29) is 0 Å². The molecule has 0 saturated carbocycles. The summed E-state index contributed by atoms with van der Waals surface area (Å²) in [6.07, 6.45) is 4.56. The molecule has 0 atom stereocenters. The van der Waals surface area contributed by atoms with Crippen molar-refractivity contribution in [2.45, 2.75) is 40.0 Å². The molecule has 25 heavy (non-hydrogen) atoms. The lowest BCUT2D eigenvalue weighted by Crippen LogP contribution is -2.38. The normalized spacial score (nSPS) is 11.6. The van der Waals surface area contributed by atoms with Gasteiger partial charge in [-0.1, -0.05) is 24.6 Å². The minimum Gasteiger partial charge on any atom is -0.357 e. The number of guanidine groups is 1. The van der Waals surface area contributed by atoms with Crippen LogP contribution < -0.4 is 10.6 Å². The van der Waals surface area contributed by atoms with Crippen molar-refractivity contribution >= 4 is 28.9 Å². The zero-order chi connectivity index (χ0) is 18.1. The van der Waals surface area contributed by atoms with Gasteiger partial charge in [0.1, 0.15) is 5.15 Å². The Bertz CT molecular complexity index is 681. The van der Waals surface area contributed by atoms with Crippen LogP contribution in [0.15, 0.2) is 23.3 Å². The number of hydrogen-bond donors (Lipinski definition) is 2. The number of thiazole rings is 1. The lowest BCUT2D eigenvalue weighted by atomic mass is 10.2. The second kappa shape index (κ2) is 10.4. The number of nitrogens with one attached hydrogen (secondary N) is 2. The lowest BCUT2D eigenvalue weighted by molar-refractivity contribution is 0.794. The van der Waals surface area contributed by atoms with Crippen molar-refractivity contribution in [1.82, 2.24) is 20.6 Å². The molecule has 0 aliphatic heterocycles. The maximum absolute atomic E-state index is 5.81. The molecule has 7 heteroatoms. The van der Waals surface area contributed by atoms with E-state index in [1.54, 1.807) is 11.3 Å². The molecule has 0 saturated heterocycles. The van der Waals surface area contributed by atoms with Crippen molar-refractivity contribution in [3.05, 3.63) is 44.6 Å². The Labute approximate surface area is 159 Å². The van der Waals surface area contributed by atoms with Gasteiger partial charge in [0.25, 0.3) is 0 Å². The topological polar surface area (TPSA) is 62.2 Å². The van der Waals surface area contributed by atoms with Crippen LogP contribution in [0.4, 0.5) is 0 Å². The van der Waals surface area contributed by atoms with E-state index < -0.39 is 0 Å². The number of hydrogen-bond acceptors (Lipinski definition) is 4. The Morgan fingerprint density at radius 2 is 2.08 bits per heavy atom. The number of aryl methyl sites for hydroxylation is 2. The van der Waals surface area contributed by atoms with Gasteiger partial charge in [-0.15, -0.1) is 11.3 Å². The maximum atomic E-state index is 5.81. The molecule has 2 aromatic heterocycles. The summed E-state index contributed by atoms with van der Waals surface area (Å²) in [7, 11) is 0. The third kappa shape index (κ3) is 6.63. The zero-order valence-corrected chi connectivity index (χ0v) is 16.7. The molecule has 2 aromatic rings. The number of aliphatic imine (C=N–C) groups is 1. The van der Waals surface area contributed by atoms with Crippen LogP contribution in [-0.4, -0.2) is 35.6 Å². The highest BCUT2D eigenvalue weighted by Gasteiger charge is 2.05. The minimum absolute atomic E-state index is 0.523. The largest absolute Gasteiger partial charge is 0.357 e. The van der Waals surface area contributed by atoms with Crippen LogP contribution in [0.1, 0.15) is 35.0 Å². The first-order valence-electron chi connectivity index (χ1n) is 8.70. The molecule has 0 amide bonds. The second-order valence-corrected chi connectivity index (χ2v) is 7.32. The van der Waals surface area contributed by atoms with Crippen LogP contribution in [0.25, 0.3) is 0 Å². The Morgan fingerprint density at radius 3 is 2.72 bits per heavy atom. The molecule has 0 aliphatic rings. The standard InChI is InChI=1S/C18H26ClN5S/c1-4-15-13(3)25-17(24-15)9-11-22-18(20-5-2)21-10-8-14-6-7-16(19)23-12-14/h6-7,12H,4-5,8-11H2,1-3H3,(H2,20,21,22). The maximum Gasteiger partial charge on any atom is 0.191 e. The molecule has 0 aromatic carbocycles. The monoisotopic (exact) mass is 379 g/mol. The van der Waals surface area contributed by atoms with E-state index in [2.05, 4.69) is 46.4 Å². The van der Waals surface area contributed by atoms with Crippen LogP contribution in [0.3, 0.4) is 0 Å². The van der Waals surface area contributed by atoms with Gasteiger partial charge in [0.15, 0.2) is 5.96 Å². The summed E-state index contributed by atoms with van der Waals surface area (Å²) in [5.74, 6) is 0.841. The van der Waals surface area contributed by atoms with Crippen molar-refractivity contribution in [2.24, 2.45) is 4.99 Å². The summed E-state index contributed by atoms with van der Waals surface area (Å²) in [4.78, 5) is 14.7. The Morgan fingerprint density at radius 1 is 1.24 bits per heavy atom. The fourth-order valence-electron chi connectivity index (χ4n) is 2.41. The third-order valence-corrected chi connectivity index (χ3v) is 5.00. The van der Waals surface area contributed by atoms with Gasteiger partial charge in [-0.3, -0.25) is 4.99 Å². The fraction of sp³-hybridized carbons (Fsp3) is 0.500. The van der Waals surface area contributed by atoms with Crippen molar-refractivity contribution in [3.8, 4) is 0 Å². The molecule has 0 spiro atoms. The summed E-state index contributed by atoms with van der Waals surface area (Å²) < 4.78 is 0. The van der Waals surface area contributed by atoms with Gasteiger partial charge >= 0.3 is 0 Å². The first kappa shape index (κ1) is 19.7. The minimum atomic E-state index is 0.523. The predicted molar refractivity (Wildman–Crippen MR) is 107 cm³/mol. The zero-order valence-electron chi connectivity index (χ0n) is 15.1. The first-order valence-corrected chi connectivity index (χ1v) is 9.89. The summed E-state index contributed by atoms with van der Waals surface area (Å²) in [5.41, 5.74) is 2.36. The molecule has 2 rings (SSSR count). The van der Waals surface area contributed by atoms with E-state index in [0.29, 0.717) is 5.15 Å². The van der Waals surface area contributed by atoms with E-state index >= 15 is 0 Å². The van der Waals surface area contributed by atoms with Crippen molar-refractivity contribution in [2.75, 3.05) is 19.6 Å². The molecule has 0 fully saturated rings. The number of pyridine rings is 1. The van der Waals surface area contributed by atoms with Gasteiger partial charge < -0.3 is 10.6 Å². The van der Waals surface area contributed by atoms with E-state index in [9.17, 15) is 0 Å². The molecule has 136 valence electrons. The van der Waals surface area contributed by atoms with E-state index in [1.165, 1.54) is 15.6 Å². The van der Waals surface area contributed by atoms with Crippen LogP contribution >= 0.6 is 22.9 Å². The highest BCUT2D eigenvalue weighted by Crippen LogP contribution is 2.18. The number of halogens is 1. The SMILES string of the molecule is CCNC(=NCCc1nc(CC)c(C)s1)NCCc1ccc(Cl)nc1. The number of rotatable bonds is 8. The van der Waals surface area contributed by atoms with Crippen LogP contribution in [0.5, 0.6) is 0 Å². The third-order valence-electron chi connectivity index (χ3n) is 3.71. The van der Waals surface area contributed by atoms with Crippen LogP contribution in [0, 0.1) is 6.92 Å². The summed E-state index contributed by atoms with van der Waals surface area (Å²) in [5, 5.41) is 8.33. The molecule has 0 radical (unpaired) electrons. The molecule has 0 bridgehead atoms. The average molecular weight is 380 g/mol. The summed E-state index contributed by atoms with van der Waals surface area (Å²) in [6, 6.07) is 3.81. The summed E-state index contributed by atoms with van der Waals surface area (Å²) in [6.45, 7) is 8.72. The highest BCUT2D eigenvalue weighted by atomic mass is 35.5. The quantitative estimate of drug-likeness (QED) is 0.419. The summed E-state index contributed by atoms with van der Waals surface area (Å²) >= 11 is 7.59. The predicted octanol–water partition coefficient (Wildman–Crippen LogP) is 3.40. The Hall–Kier alpha value is -1.66. The first-order chi connectivity index (χ1) is 12.1. The fourth-order valence-corrected chi connectivity index (χ4v) is 3.53. The van der Waals surface area contributed by atoms with Crippen molar-refractivity contribution < 1.29 is 0 Å². The molecular weight excluding hydrogens is 354 g/mol. The molecule has 0 aliphatic carbocycles. The lowest BCUT2D eigenvalue weighted by Gasteiger charge is -2.11. The second-order valence-electron chi connectivity index (χ2n) is 5.64. The van der Waals surface area contributed by atoms with Crippen LogP contribution in [-0.2, 0) is 19.3 Å². The number of aromatic nitrogens is 2. The molecule has 2 N–H and O–H groups in total. The molecule has 5 nitrogen and oxygen atoms in total. The molecule has 0 unspecified atom stereocenters. The highest BCUT2D eigenvalue weighted by molar-refractivity contribution is 7.11. The molecular formula is C18H26ClN5S. The van der Waals surface area contributed by atoms with Crippen molar-refractivity contribution in [3.63, 3.8) is 0 Å². The Balaban J connectivity index is 1.81.